The fourth-order valence-electron chi connectivity index (χ4n) is 3.30. The van der Waals surface area contributed by atoms with Crippen LogP contribution in [-0.2, 0) is 4.79 Å². The minimum atomic E-state index is -0.973. The molecule has 4 nitrogen and oxygen atoms in total. The first-order chi connectivity index (χ1) is 12.6. The van der Waals surface area contributed by atoms with Crippen LogP contribution in [0.25, 0.3) is 0 Å². The Hall–Kier alpha value is -2.95. The maximum absolute atomic E-state index is 13.3. The van der Waals surface area contributed by atoms with E-state index in [2.05, 4.69) is 4.98 Å². The van der Waals surface area contributed by atoms with E-state index in [0.29, 0.717) is 6.42 Å². The highest BCUT2D eigenvalue weighted by Crippen LogP contribution is 2.40. The van der Waals surface area contributed by atoms with Crippen molar-refractivity contribution in [2.45, 2.75) is 31.1 Å². The lowest BCUT2D eigenvalue weighted by Gasteiger charge is -2.27. The van der Waals surface area contributed by atoms with Crippen molar-refractivity contribution in [2.75, 3.05) is 0 Å². The van der Waals surface area contributed by atoms with Crippen LogP contribution < -0.4 is 0 Å². The number of aliphatic carboxylic acids is 1. The first-order valence-corrected chi connectivity index (χ1v) is 8.49. The van der Waals surface area contributed by atoms with Crippen molar-refractivity contribution in [2.24, 2.45) is 0 Å². The van der Waals surface area contributed by atoms with Crippen LogP contribution in [0.15, 0.2) is 71.5 Å². The first-order valence-electron chi connectivity index (χ1n) is 8.49. The summed E-state index contributed by atoms with van der Waals surface area (Å²) < 4.78 is 18.5. The summed E-state index contributed by atoms with van der Waals surface area (Å²) in [5, 5.41) is 9.68. The molecule has 1 aromatic heterocycles. The van der Waals surface area contributed by atoms with Gasteiger partial charge in [-0.2, -0.15) is 0 Å². The Kier molecular flexibility index (Phi) is 5.46. The molecule has 3 atom stereocenters. The zero-order valence-corrected chi connectivity index (χ0v) is 14.4. The number of benzene rings is 2. The number of nitrogens with zero attached hydrogens (tertiary/aromatic N) is 1. The molecular weight excluding hydrogens is 333 g/mol. The fourth-order valence-corrected chi connectivity index (χ4v) is 3.30. The Morgan fingerprint density at radius 3 is 2.38 bits per heavy atom. The van der Waals surface area contributed by atoms with Crippen LogP contribution in [0.4, 0.5) is 4.39 Å². The molecule has 3 unspecified atom stereocenters. The van der Waals surface area contributed by atoms with Crippen molar-refractivity contribution in [1.29, 1.82) is 0 Å². The van der Waals surface area contributed by atoms with Gasteiger partial charge in [0.25, 0.3) is 0 Å². The quantitative estimate of drug-likeness (QED) is 0.652. The van der Waals surface area contributed by atoms with E-state index in [0.717, 1.165) is 11.1 Å². The van der Waals surface area contributed by atoms with Gasteiger partial charge in [-0.25, -0.2) is 9.37 Å². The minimum Gasteiger partial charge on any atom is -0.481 e. The van der Waals surface area contributed by atoms with Gasteiger partial charge in [-0.15, -0.1) is 0 Å². The highest BCUT2D eigenvalue weighted by atomic mass is 19.1. The molecule has 0 spiro atoms. The predicted octanol–water partition coefficient (Wildman–Crippen LogP) is 4.96. The van der Waals surface area contributed by atoms with Gasteiger partial charge in [0.05, 0.1) is 6.20 Å². The van der Waals surface area contributed by atoms with Gasteiger partial charge in [-0.05, 0) is 41.5 Å². The van der Waals surface area contributed by atoms with Gasteiger partial charge in [0.15, 0.2) is 0 Å². The Bertz CT molecular complexity index is 831. The number of carboxylic acid groups (broad SMARTS) is 1. The molecule has 1 heterocycles. The van der Waals surface area contributed by atoms with Crippen LogP contribution in [0.2, 0.25) is 0 Å². The normalized spacial score (nSPS) is 14.5. The highest BCUT2D eigenvalue weighted by Gasteiger charge is 2.31. The molecule has 134 valence electrons. The molecule has 5 heteroatoms. The van der Waals surface area contributed by atoms with Crippen LogP contribution in [0.3, 0.4) is 0 Å². The largest absolute Gasteiger partial charge is 0.481 e. The average molecular weight is 353 g/mol. The average Bonchev–Trinajstić information content (AvgIpc) is 3.17. The van der Waals surface area contributed by atoms with Crippen molar-refractivity contribution in [3.8, 4) is 0 Å². The number of aromatic nitrogens is 1. The molecule has 0 saturated carbocycles. The van der Waals surface area contributed by atoms with Gasteiger partial charge >= 0.3 is 5.97 Å². The Morgan fingerprint density at radius 1 is 1.12 bits per heavy atom. The van der Waals surface area contributed by atoms with E-state index in [-0.39, 0.29) is 23.5 Å². The van der Waals surface area contributed by atoms with Crippen LogP contribution in [0.5, 0.6) is 0 Å². The third-order valence-corrected chi connectivity index (χ3v) is 4.76. The molecule has 0 amide bonds. The van der Waals surface area contributed by atoms with E-state index in [4.69, 9.17) is 4.42 Å². The number of carbonyl (C=O) groups is 1. The monoisotopic (exact) mass is 353 g/mol. The van der Waals surface area contributed by atoms with E-state index in [1.807, 2.05) is 37.3 Å². The fraction of sp³-hybridized carbons (Fsp3) is 0.238. The third-order valence-electron chi connectivity index (χ3n) is 4.76. The van der Waals surface area contributed by atoms with Crippen LogP contribution in [0, 0.1) is 5.82 Å². The van der Waals surface area contributed by atoms with Crippen molar-refractivity contribution in [3.05, 3.63) is 89.9 Å². The van der Waals surface area contributed by atoms with Gasteiger partial charge in [0, 0.05) is 0 Å². The summed E-state index contributed by atoms with van der Waals surface area (Å²) >= 11 is 0. The van der Waals surface area contributed by atoms with Crippen LogP contribution >= 0.6 is 0 Å². The molecule has 26 heavy (non-hydrogen) atoms. The lowest BCUT2D eigenvalue weighted by Crippen LogP contribution is -2.19. The smallest absolute Gasteiger partial charge is 0.315 e. The van der Waals surface area contributed by atoms with Crippen molar-refractivity contribution >= 4 is 5.97 Å². The summed E-state index contributed by atoms with van der Waals surface area (Å²) in [7, 11) is 0. The summed E-state index contributed by atoms with van der Waals surface area (Å²) in [5.41, 5.74) is 1.99. The molecule has 0 radical (unpaired) electrons. The second-order valence-corrected chi connectivity index (χ2v) is 6.35. The van der Waals surface area contributed by atoms with E-state index in [1.165, 1.54) is 24.6 Å². The summed E-state index contributed by atoms with van der Waals surface area (Å²) in [5.74, 6) is -2.01. The first kappa shape index (κ1) is 17.9. The van der Waals surface area contributed by atoms with Gasteiger partial charge in [-0.1, -0.05) is 49.4 Å². The Morgan fingerprint density at radius 2 is 1.81 bits per heavy atom. The number of carboxylic acids is 1. The molecule has 1 N–H and O–H groups in total. The molecule has 0 aliphatic heterocycles. The molecule has 0 aliphatic carbocycles. The summed E-state index contributed by atoms with van der Waals surface area (Å²) in [6.07, 6.45) is 3.16. The molecule has 3 rings (SSSR count). The molecule has 3 aromatic rings. The Balaban J connectivity index is 1.95. The predicted molar refractivity (Wildman–Crippen MR) is 95.5 cm³/mol. The van der Waals surface area contributed by atoms with Crippen molar-refractivity contribution in [3.63, 3.8) is 0 Å². The van der Waals surface area contributed by atoms with E-state index in [1.54, 1.807) is 12.1 Å². The second kappa shape index (κ2) is 7.95. The second-order valence-electron chi connectivity index (χ2n) is 6.35. The zero-order chi connectivity index (χ0) is 18.5. The molecule has 0 saturated heterocycles. The lowest BCUT2D eigenvalue weighted by molar-refractivity contribution is -0.139. The van der Waals surface area contributed by atoms with Crippen LogP contribution in [0.1, 0.15) is 48.1 Å². The maximum atomic E-state index is 13.3. The minimum absolute atomic E-state index is 0.00480. The maximum Gasteiger partial charge on any atom is 0.315 e. The van der Waals surface area contributed by atoms with Gasteiger partial charge in [0.2, 0.25) is 5.89 Å². The van der Waals surface area contributed by atoms with Crippen molar-refractivity contribution in [1.82, 2.24) is 4.98 Å². The van der Waals surface area contributed by atoms with Gasteiger partial charge in [0.1, 0.15) is 18.0 Å². The number of hydrogen-bond acceptors (Lipinski definition) is 3. The number of rotatable bonds is 7. The number of hydrogen-bond donors (Lipinski definition) is 1. The summed E-state index contributed by atoms with van der Waals surface area (Å²) in [4.78, 5) is 15.9. The highest BCUT2D eigenvalue weighted by molar-refractivity contribution is 5.74. The summed E-state index contributed by atoms with van der Waals surface area (Å²) in [6, 6.07) is 16.1. The SMILES string of the molecule is CC(c1ccc(F)cc1)C(CC(C(=O)O)c1ncco1)c1ccccc1. The Labute approximate surface area is 151 Å². The molecule has 2 aromatic carbocycles. The summed E-state index contributed by atoms with van der Waals surface area (Å²) in [6.45, 7) is 2.03. The standard InChI is InChI=1S/C21H20FNO3/c1-14(15-7-9-17(22)10-8-15)18(16-5-3-2-4-6-16)13-19(21(24)25)20-23-11-12-26-20/h2-12,14,18-19H,13H2,1H3,(H,24,25). The van der Waals surface area contributed by atoms with Gasteiger partial charge < -0.3 is 9.52 Å². The van der Waals surface area contributed by atoms with Gasteiger partial charge in [-0.3, -0.25) is 4.79 Å². The van der Waals surface area contributed by atoms with Crippen LogP contribution in [-0.4, -0.2) is 16.1 Å². The van der Waals surface area contributed by atoms with E-state index in [9.17, 15) is 14.3 Å². The lowest BCUT2D eigenvalue weighted by atomic mass is 9.77. The number of halogens is 1. The molecule has 0 fully saturated rings. The number of oxazole rings is 1. The molecule has 0 aliphatic rings. The molecular formula is C21H20FNO3. The topological polar surface area (TPSA) is 63.3 Å². The van der Waals surface area contributed by atoms with E-state index < -0.39 is 11.9 Å². The third kappa shape index (κ3) is 3.99. The van der Waals surface area contributed by atoms with Crippen molar-refractivity contribution < 1.29 is 18.7 Å². The molecule has 0 bridgehead atoms. The zero-order valence-electron chi connectivity index (χ0n) is 14.4. The van der Waals surface area contributed by atoms with E-state index >= 15 is 0 Å².